The summed E-state index contributed by atoms with van der Waals surface area (Å²) < 4.78 is 5.35. The van der Waals surface area contributed by atoms with Crippen molar-refractivity contribution in [2.75, 3.05) is 6.54 Å². The Hall–Kier alpha value is -1.30. The lowest BCUT2D eigenvalue weighted by molar-refractivity contribution is -0.144. The molecule has 1 heterocycles. The molecule has 0 aromatic heterocycles. The van der Waals surface area contributed by atoms with Crippen LogP contribution in [0.25, 0.3) is 0 Å². The Morgan fingerprint density at radius 2 is 1.86 bits per heavy atom. The van der Waals surface area contributed by atoms with Gasteiger partial charge in [-0.3, -0.25) is 4.90 Å². The maximum atomic E-state index is 12.3. The number of carbonyl (C=O) groups excluding carboxylic acids is 1. The van der Waals surface area contributed by atoms with Crippen LogP contribution in [0, 0.1) is 23.7 Å². The Balaban J connectivity index is 1.83. The summed E-state index contributed by atoms with van der Waals surface area (Å²) in [5.74, 6) is -0.596. The summed E-state index contributed by atoms with van der Waals surface area (Å²) in [6.45, 7) is 5.74. The number of aliphatic hydroxyl groups is 1. The van der Waals surface area contributed by atoms with Crippen LogP contribution >= 0.6 is 0 Å². The van der Waals surface area contributed by atoms with Crippen LogP contribution in [0.1, 0.15) is 33.6 Å². The topological polar surface area (TPSA) is 87.1 Å². The predicted octanol–water partition coefficient (Wildman–Crippen LogP) is 1.32. The van der Waals surface area contributed by atoms with Crippen molar-refractivity contribution in [1.29, 1.82) is 0 Å². The van der Waals surface area contributed by atoms with Crippen LogP contribution in [0.15, 0.2) is 0 Å². The number of hydrogen-bond donors (Lipinski definition) is 2. The van der Waals surface area contributed by atoms with Gasteiger partial charge >= 0.3 is 12.1 Å². The number of carbonyl (C=O) groups is 2. The zero-order valence-electron chi connectivity index (χ0n) is 12.7. The molecule has 3 aliphatic rings. The maximum absolute atomic E-state index is 12.3. The quantitative estimate of drug-likeness (QED) is 0.762. The molecule has 2 aliphatic carbocycles. The number of carboxylic acids is 1. The van der Waals surface area contributed by atoms with Crippen LogP contribution in [0.2, 0.25) is 0 Å². The number of hydrogen-bond acceptors (Lipinski definition) is 4. The van der Waals surface area contributed by atoms with E-state index in [9.17, 15) is 19.8 Å². The Morgan fingerprint density at radius 3 is 2.43 bits per heavy atom. The Morgan fingerprint density at radius 1 is 1.19 bits per heavy atom. The minimum absolute atomic E-state index is 0.00790. The van der Waals surface area contributed by atoms with Gasteiger partial charge in [0.25, 0.3) is 0 Å². The van der Waals surface area contributed by atoms with Gasteiger partial charge in [0.05, 0.1) is 6.10 Å². The molecule has 3 rings (SSSR count). The summed E-state index contributed by atoms with van der Waals surface area (Å²) in [7, 11) is 0. The van der Waals surface area contributed by atoms with Gasteiger partial charge in [-0.1, -0.05) is 0 Å². The molecule has 6 heteroatoms. The van der Waals surface area contributed by atoms with E-state index in [0.29, 0.717) is 12.5 Å². The Labute approximate surface area is 124 Å². The fourth-order valence-corrected chi connectivity index (χ4v) is 4.58. The number of fused-ring (bicyclic) bond motifs is 5. The van der Waals surface area contributed by atoms with Crippen molar-refractivity contribution in [3.8, 4) is 0 Å². The maximum Gasteiger partial charge on any atom is 0.411 e. The minimum atomic E-state index is -0.992. The lowest BCUT2D eigenvalue weighted by Gasteiger charge is -2.31. The highest BCUT2D eigenvalue weighted by Crippen LogP contribution is 2.57. The number of aliphatic hydroxyl groups excluding tert-OH is 1. The van der Waals surface area contributed by atoms with E-state index >= 15 is 0 Å². The van der Waals surface area contributed by atoms with Gasteiger partial charge in [-0.05, 0) is 51.4 Å². The van der Waals surface area contributed by atoms with Gasteiger partial charge in [0, 0.05) is 12.5 Å². The fourth-order valence-electron chi connectivity index (χ4n) is 4.58. The highest BCUT2D eigenvalue weighted by molar-refractivity contribution is 5.81. The monoisotopic (exact) mass is 297 g/mol. The van der Waals surface area contributed by atoms with Crippen molar-refractivity contribution >= 4 is 12.1 Å². The first-order valence-corrected chi connectivity index (χ1v) is 7.59. The number of rotatable bonds is 1. The average Bonchev–Trinajstić information content (AvgIpc) is 2.93. The number of aliphatic carboxylic acids is 1. The number of nitrogens with zero attached hydrogens (tertiary/aromatic N) is 1. The van der Waals surface area contributed by atoms with E-state index < -0.39 is 29.8 Å². The smallest absolute Gasteiger partial charge is 0.411 e. The molecule has 1 saturated heterocycles. The summed E-state index contributed by atoms with van der Waals surface area (Å²) >= 11 is 0. The van der Waals surface area contributed by atoms with Crippen LogP contribution < -0.4 is 0 Å². The van der Waals surface area contributed by atoms with Crippen LogP contribution in [0.5, 0.6) is 0 Å². The number of ether oxygens (including phenoxy) is 1. The van der Waals surface area contributed by atoms with E-state index in [1.54, 1.807) is 20.8 Å². The minimum Gasteiger partial charge on any atom is -0.480 e. The largest absolute Gasteiger partial charge is 0.480 e. The van der Waals surface area contributed by atoms with Crippen molar-refractivity contribution in [2.24, 2.45) is 23.7 Å². The van der Waals surface area contributed by atoms with E-state index in [0.717, 1.165) is 12.8 Å². The van der Waals surface area contributed by atoms with E-state index in [1.165, 1.54) is 4.90 Å². The molecular weight excluding hydrogens is 274 g/mol. The summed E-state index contributed by atoms with van der Waals surface area (Å²) in [5, 5.41) is 19.6. The van der Waals surface area contributed by atoms with E-state index in [2.05, 4.69) is 0 Å². The van der Waals surface area contributed by atoms with Crippen LogP contribution in [-0.4, -0.2) is 51.5 Å². The van der Waals surface area contributed by atoms with E-state index in [1.807, 2.05) is 0 Å². The summed E-state index contributed by atoms with van der Waals surface area (Å²) in [4.78, 5) is 25.3. The molecule has 0 aromatic rings. The Kier molecular flexibility index (Phi) is 3.20. The standard InChI is InChI=1S/C15H23NO5/c1-15(2,3)21-14(20)16-6-9-7-4-8(10(17)5-7)11(9)12(16)13(18)19/h7-12,17H,4-6H2,1-3H3,(H,18,19)/t7-,8+,9+,10+,11-,12-/m0/s1. The second-order valence-corrected chi connectivity index (χ2v) is 7.62. The highest BCUT2D eigenvalue weighted by Gasteiger charge is 2.62. The summed E-state index contributed by atoms with van der Waals surface area (Å²) in [6, 6.07) is -0.866. The van der Waals surface area contributed by atoms with Crippen molar-refractivity contribution in [1.82, 2.24) is 4.90 Å². The summed E-state index contributed by atoms with van der Waals surface area (Å²) in [6.07, 6.45) is 0.651. The van der Waals surface area contributed by atoms with Gasteiger partial charge in [-0.15, -0.1) is 0 Å². The van der Waals surface area contributed by atoms with E-state index in [4.69, 9.17) is 4.74 Å². The fraction of sp³-hybridized carbons (Fsp3) is 0.867. The van der Waals surface area contributed by atoms with Gasteiger partial charge in [-0.25, -0.2) is 9.59 Å². The molecule has 0 radical (unpaired) electrons. The molecule has 6 nitrogen and oxygen atoms in total. The van der Waals surface area contributed by atoms with Gasteiger partial charge in [-0.2, -0.15) is 0 Å². The lowest BCUT2D eigenvalue weighted by atomic mass is 9.77. The molecule has 0 unspecified atom stereocenters. The zero-order chi connectivity index (χ0) is 15.5. The van der Waals surface area contributed by atoms with Crippen molar-refractivity contribution < 1.29 is 24.5 Å². The third kappa shape index (κ3) is 2.29. The second kappa shape index (κ2) is 4.60. The molecule has 1 amide bonds. The molecule has 21 heavy (non-hydrogen) atoms. The van der Waals surface area contributed by atoms with Crippen molar-refractivity contribution in [3.63, 3.8) is 0 Å². The first-order valence-electron chi connectivity index (χ1n) is 7.59. The first kappa shape index (κ1) is 14.6. The molecule has 1 aliphatic heterocycles. The van der Waals surface area contributed by atoms with Gasteiger partial charge in [0.2, 0.25) is 0 Å². The summed E-state index contributed by atoms with van der Waals surface area (Å²) in [5.41, 5.74) is -0.643. The molecule has 2 bridgehead atoms. The van der Waals surface area contributed by atoms with E-state index in [-0.39, 0.29) is 17.8 Å². The molecule has 118 valence electrons. The SMILES string of the molecule is CC(C)(C)OC(=O)N1C[C@@H]2[C@H]3C[C@@H]([C@@H]2[C@H]1C(=O)O)[C@H](O)C3. The lowest BCUT2D eigenvalue weighted by Crippen LogP contribution is -2.47. The molecule has 3 fully saturated rings. The number of carboxylic acid groups (broad SMARTS) is 1. The normalized spacial score (nSPS) is 41.2. The van der Waals surface area contributed by atoms with Crippen molar-refractivity contribution in [2.45, 2.75) is 51.4 Å². The van der Waals surface area contributed by atoms with Crippen LogP contribution in [-0.2, 0) is 9.53 Å². The molecular formula is C15H23NO5. The third-order valence-electron chi connectivity index (χ3n) is 5.20. The number of amides is 1. The zero-order valence-corrected chi connectivity index (χ0v) is 12.7. The van der Waals surface area contributed by atoms with Gasteiger partial charge < -0.3 is 14.9 Å². The molecule has 0 aromatic carbocycles. The van der Waals surface area contributed by atoms with Gasteiger partial charge in [0.15, 0.2) is 0 Å². The van der Waals surface area contributed by atoms with Gasteiger partial charge in [0.1, 0.15) is 11.6 Å². The van der Waals surface area contributed by atoms with Crippen LogP contribution in [0.3, 0.4) is 0 Å². The predicted molar refractivity (Wildman–Crippen MR) is 73.6 cm³/mol. The number of likely N-dealkylation sites (tertiary alicyclic amines) is 1. The molecule has 6 atom stereocenters. The average molecular weight is 297 g/mol. The van der Waals surface area contributed by atoms with Crippen LogP contribution in [0.4, 0.5) is 4.79 Å². The second-order valence-electron chi connectivity index (χ2n) is 7.62. The van der Waals surface area contributed by atoms with Crippen molar-refractivity contribution in [3.05, 3.63) is 0 Å². The molecule has 0 spiro atoms. The first-order chi connectivity index (χ1) is 9.69. The third-order valence-corrected chi connectivity index (χ3v) is 5.20. The Bertz CT molecular complexity index is 471. The molecule has 2 N–H and O–H groups in total. The highest BCUT2D eigenvalue weighted by atomic mass is 16.6. The molecule has 2 saturated carbocycles.